The van der Waals surface area contributed by atoms with Crippen molar-refractivity contribution in [3.8, 4) is 12.3 Å². The van der Waals surface area contributed by atoms with E-state index in [1.54, 1.807) is 20.2 Å². The van der Waals surface area contributed by atoms with Crippen molar-refractivity contribution >= 4 is 0 Å². The number of aliphatic hydroxyl groups is 1. The van der Waals surface area contributed by atoms with Crippen LogP contribution in [0.1, 0.15) is 32.8 Å². The normalized spacial score (nSPS) is 9.40. The Labute approximate surface area is 168 Å². The fourth-order valence-corrected chi connectivity index (χ4v) is 1.64. The van der Waals surface area contributed by atoms with Crippen molar-refractivity contribution in [3.05, 3.63) is 58.5 Å². The van der Waals surface area contributed by atoms with Crippen LogP contribution in [0.2, 0.25) is 0 Å². The Morgan fingerprint density at radius 2 is 1.88 bits per heavy atom. The topological polar surface area (TPSA) is 77.7 Å². The van der Waals surface area contributed by atoms with Crippen LogP contribution in [0.25, 0.3) is 10.6 Å². The van der Waals surface area contributed by atoms with E-state index in [2.05, 4.69) is 35.1 Å². The number of nitrogens with zero attached hydrogens (tertiary/aromatic N) is 3. The summed E-state index contributed by atoms with van der Waals surface area (Å²) in [5.74, 6) is 2.68. The summed E-state index contributed by atoms with van der Waals surface area (Å²) in [6.07, 6.45) is 7.04. The average Bonchev–Trinajstić information content (AvgIpc) is 2.63. The van der Waals surface area contributed by atoms with Crippen LogP contribution in [0.3, 0.4) is 0 Å². The van der Waals surface area contributed by atoms with Gasteiger partial charge in [0.1, 0.15) is 0 Å². The van der Waals surface area contributed by atoms with E-state index in [4.69, 9.17) is 5.73 Å². The van der Waals surface area contributed by atoms with Crippen LogP contribution in [0.15, 0.2) is 42.4 Å². The number of rotatable bonds is 9. The third-order valence-electron chi connectivity index (χ3n) is 2.69. The molecule has 25 heavy (non-hydrogen) atoms. The molecule has 0 aromatic heterocycles. The van der Waals surface area contributed by atoms with Crippen molar-refractivity contribution in [2.45, 2.75) is 33.7 Å². The van der Waals surface area contributed by atoms with Crippen molar-refractivity contribution in [1.82, 2.24) is 4.90 Å². The van der Waals surface area contributed by atoms with Gasteiger partial charge in [-0.05, 0) is 19.0 Å². The largest absolute Gasteiger partial charge is 2.00 e. The van der Waals surface area contributed by atoms with Crippen molar-refractivity contribution in [1.29, 1.82) is 0 Å². The van der Waals surface area contributed by atoms with Crippen LogP contribution >= 0.6 is 0 Å². The van der Waals surface area contributed by atoms with Gasteiger partial charge in [0.15, 0.2) is 0 Å². The number of hydrogen-bond donors (Lipinski definition) is 2. The summed E-state index contributed by atoms with van der Waals surface area (Å²) in [7, 11) is 1.63. The Hall–Kier alpha value is -1.47. The molecule has 0 radical (unpaired) electrons. The molecule has 5 nitrogen and oxygen atoms in total. The first-order valence-corrected chi connectivity index (χ1v) is 8.14. The van der Waals surface area contributed by atoms with Gasteiger partial charge in [0, 0.05) is 6.54 Å². The molecule has 0 fully saturated rings. The van der Waals surface area contributed by atoms with E-state index in [-0.39, 0.29) is 27.8 Å². The quantitative estimate of drug-likeness (QED) is 0.299. The molecule has 140 valence electrons. The Morgan fingerprint density at radius 3 is 2.36 bits per heavy atom. The molecule has 0 saturated heterocycles. The molecule has 3 N–H and O–H groups in total. The molecule has 1 aromatic rings. The molecule has 1 aromatic carbocycles. The SMILES string of the molecule is C#CC.CC.C[N-]/C(N)=C\[N-]CCCN(CO)Cc1ccccc1.[W+2]. The third kappa shape index (κ3) is 18.7. The van der Waals surface area contributed by atoms with Crippen LogP contribution in [0.5, 0.6) is 0 Å². The predicted octanol–water partition coefficient (Wildman–Crippen LogP) is 3.63. The average molecular weight is 516 g/mol. The number of nitrogens with two attached hydrogens (primary N) is 1. The minimum Gasteiger partial charge on any atom is -0.691 e. The van der Waals surface area contributed by atoms with E-state index in [0.717, 1.165) is 19.5 Å². The van der Waals surface area contributed by atoms with E-state index in [1.165, 1.54) is 5.56 Å². The van der Waals surface area contributed by atoms with E-state index in [0.29, 0.717) is 12.4 Å². The number of hydrogen-bond acceptors (Lipinski definition) is 3. The van der Waals surface area contributed by atoms with Gasteiger partial charge in [0.25, 0.3) is 0 Å². The maximum absolute atomic E-state index is 9.32. The molecule has 0 aliphatic rings. The van der Waals surface area contributed by atoms with Gasteiger partial charge in [-0.15, -0.1) is 18.9 Å². The summed E-state index contributed by atoms with van der Waals surface area (Å²) in [5.41, 5.74) is 6.69. The summed E-state index contributed by atoms with van der Waals surface area (Å²) in [6.45, 7) is 7.93. The monoisotopic (exact) mass is 516 g/mol. The van der Waals surface area contributed by atoms with E-state index < -0.39 is 0 Å². The molecular formula is C19H32N4OW. The minimum atomic E-state index is 0. The molecule has 6 heteroatoms. The van der Waals surface area contributed by atoms with Gasteiger partial charge in [0.05, 0.1) is 6.73 Å². The molecule has 0 aliphatic heterocycles. The van der Waals surface area contributed by atoms with Gasteiger partial charge < -0.3 is 21.5 Å². The zero-order valence-electron chi connectivity index (χ0n) is 15.9. The van der Waals surface area contributed by atoms with Crippen molar-refractivity contribution in [2.75, 3.05) is 26.9 Å². The second-order valence-electron chi connectivity index (χ2n) is 4.51. The standard InChI is InChI=1S/C14H22N4O.C3H4.C2H6.W/c1-16-14(15)10-17-8-5-9-18(12-19)11-13-6-3-2-4-7-13;1-3-2;1-2;/h2-4,6-7,10,19H,5,8-9,11-12,15H2,1H3;1H,2H3;1-2H3;/q-2;;;+2/b14-10-;;;. The molecular weight excluding hydrogens is 484 g/mol. The van der Waals surface area contributed by atoms with Crippen molar-refractivity contribution < 1.29 is 26.2 Å². The Bertz CT molecular complexity index is 446. The first-order chi connectivity index (χ1) is 11.7. The van der Waals surface area contributed by atoms with Crippen molar-refractivity contribution in [2.24, 2.45) is 5.73 Å². The summed E-state index contributed by atoms with van der Waals surface area (Å²) >= 11 is 0. The second kappa shape index (κ2) is 22.5. The Morgan fingerprint density at radius 1 is 1.32 bits per heavy atom. The molecule has 1 rings (SSSR count). The van der Waals surface area contributed by atoms with Crippen LogP contribution in [0.4, 0.5) is 0 Å². The molecule has 0 unspecified atom stereocenters. The van der Waals surface area contributed by atoms with Gasteiger partial charge in [-0.25, -0.2) is 0 Å². The van der Waals surface area contributed by atoms with Crippen LogP contribution in [-0.4, -0.2) is 36.9 Å². The number of aliphatic hydroxyl groups excluding tert-OH is 1. The Balaban J connectivity index is -0.000000726. The minimum absolute atomic E-state index is 0. The fraction of sp³-hybridized carbons (Fsp3) is 0.474. The fourth-order valence-electron chi connectivity index (χ4n) is 1.64. The summed E-state index contributed by atoms with van der Waals surface area (Å²) < 4.78 is 0. The summed E-state index contributed by atoms with van der Waals surface area (Å²) in [6, 6.07) is 10.1. The molecule has 0 aliphatic carbocycles. The van der Waals surface area contributed by atoms with E-state index in [1.807, 2.05) is 36.9 Å². The van der Waals surface area contributed by atoms with Gasteiger partial charge in [-0.1, -0.05) is 63.5 Å². The molecule has 0 spiro atoms. The van der Waals surface area contributed by atoms with Gasteiger partial charge in [0.2, 0.25) is 0 Å². The van der Waals surface area contributed by atoms with Gasteiger partial charge >= 0.3 is 21.1 Å². The number of benzene rings is 1. The molecule has 0 amide bonds. The number of terminal acetylenes is 1. The van der Waals surface area contributed by atoms with Crippen molar-refractivity contribution in [3.63, 3.8) is 0 Å². The molecule has 0 saturated carbocycles. The maximum atomic E-state index is 9.32. The predicted molar refractivity (Wildman–Crippen MR) is 104 cm³/mol. The van der Waals surface area contributed by atoms with E-state index in [9.17, 15) is 5.11 Å². The molecule has 0 bridgehead atoms. The Kier molecular flexibility index (Phi) is 25.5. The van der Waals surface area contributed by atoms with Gasteiger partial charge in [-0.3, -0.25) is 4.90 Å². The third-order valence-corrected chi connectivity index (χ3v) is 2.69. The first-order valence-electron chi connectivity index (χ1n) is 8.14. The van der Waals surface area contributed by atoms with Gasteiger partial charge in [-0.2, -0.15) is 6.20 Å². The maximum Gasteiger partial charge on any atom is 2.00 e. The second-order valence-corrected chi connectivity index (χ2v) is 4.51. The van der Waals surface area contributed by atoms with E-state index >= 15 is 0 Å². The van der Waals surface area contributed by atoms with Crippen LogP contribution in [0, 0.1) is 12.3 Å². The first kappa shape index (κ1) is 28.3. The molecule has 0 atom stereocenters. The smallest absolute Gasteiger partial charge is 0.691 e. The summed E-state index contributed by atoms with van der Waals surface area (Å²) in [4.78, 5) is 1.97. The van der Waals surface area contributed by atoms with Crippen LogP contribution < -0.4 is 5.73 Å². The summed E-state index contributed by atoms with van der Waals surface area (Å²) in [5, 5.41) is 17.3. The molecule has 0 heterocycles. The van der Waals surface area contributed by atoms with Crippen LogP contribution in [-0.2, 0) is 27.6 Å². The zero-order chi connectivity index (χ0) is 18.6. The zero-order valence-corrected chi connectivity index (χ0v) is 18.8.